The van der Waals surface area contributed by atoms with Crippen LogP contribution in [0.2, 0.25) is 15.2 Å². The number of aromatic nitrogens is 4. The van der Waals surface area contributed by atoms with Crippen molar-refractivity contribution in [3.8, 4) is 22.5 Å². The molecule has 0 aliphatic heterocycles. The maximum absolute atomic E-state index is 6.11. The molecule has 0 saturated heterocycles. The predicted molar refractivity (Wildman–Crippen MR) is 142 cm³/mol. The maximum atomic E-state index is 6.11. The highest BCUT2D eigenvalue weighted by Crippen LogP contribution is 2.29. The lowest BCUT2D eigenvalue weighted by molar-refractivity contribution is 1.12. The molecule has 0 saturated carbocycles. The Kier molecular flexibility index (Phi) is 8.50. The van der Waals surface area contributed by atoms with Gasteiger partial charge >= 0.3 is 0 Å². The van der Waals surface area contributed by atoms with Gasteiger partial charge < -0.3 is 16.8 Å². The minimum absolute atomic E-state index is 0.155. The molecular formula is C24H24Cl3N7. The third-order valence-electron chi connectivity index (χ3n) is 4.90. The molecule has 34 heavy (non-hydrogen) atoms. The third-order valence-corrected chi connectivity index (χ3v) is 5.91. The first-order chi connectivity index (χ1) is 16.2. The van der Waals surface area contributed by atoms with Gasteiger partial charge in [0.25, 0.3) is 0 Å². The Balaban J connectivity index is 0.000000192. The Bertz CT molecular complexity index is 1290. The molecule has 10 heteroatoms. The zero-order valence-corrected chi connectivity index (χ0v) is 21.2. The molecule has 7 nitrogen and oxygen atoms in total. The van der Waals surface area contributed by atoms with E-state index >= 15 is 0 Å². The lowest BCUT2D eigenvalue weighted by Crippen LogP contribution is -2.04. The van der Waals surface area contributed by atoms with Gasteiger partial charge in [0.2, 0.25) is 11.9 Å². The summed E-state index contributed by atoms with van der Waals surface area (Å²) < 4.78 is 0. The second-order valence-corrected chi connectivity index (χ2v) is 8.49. The van der Waals surface area contributed by atoms with Crippen molar-refractivity contribution in [1.82, 2.24) is 19.9 Å². The first-order valence-corrected chi connectivity index (χ1v) is 11.5. The molecule has 2 aromatic heterocycles. The number of nitrogens with two attached hydrogens (primary N) is 2. The molecule has 0 aliphatic rings. The van der Waals surface area contributed by atoms with Crippen LogP contribution < -0.4 is 16.8 Å². The molecule has 2 heterocycles. The van der Waals surface area contributed by atoms with Gasteiger partial charge in [-0.15, -0.1) is 0 Å². The van der Waals surface area contributed by atoms with E-state index in [4.69, 9.17) is 46.3 Å². The number of benzene rings is 2. The molecule has 0 spiro atoms. The van der Waals surface area contributed by atoms with Crippen LogP contribution in [0, 0.1) is 13.8 Å². The van der Waals surface area contributed by atoms with Crippen molar-refractivity contribution in [2.45, 2.75) is 20.8 Å². The molecule has 4 rings (SSSR count). The fourth-order valence-corrected chi connectivity index (χ4v) is 3.76. The summed E-state index contributed by atoms with van der Waals surface area (Å²) in [6.45, 7) is 6.67. The molecular weight excluding hydrogens is 493 g/mol. The summed E-state index contributed by atoms with van der Waals surface area (Å²) in [7, 11) is 0. The molecule has 0 radical (unpaired) electrons. The Hall–Kier alpha value is -3.13. The highest BCUT2D eigenvalue weighted by Gasteiger charge is 2.10. The smallest absolute Gasteiger partial charge is 0.222 e. The van der Waals surface area contributed by atoms with Crippen molar-refractivity contribution in [2.24, 2.45) is 0 Å². The molecule has 0 aliphatic carbocycles. The Morgan fingerprint density at radius 2 is 1.24 bits per heavy atom. The number of hydrogen-bond donors (Lipinski definition) is 3. The number of hydrogen-bond acceptors (Lipinski definition) is 7. The first kappa shape index (κ1) is 25.5. The van der Waals surface area contributed by atoms with Crippen molar-refractivity contribution in [2.75, 3.05) is 23.3 Å². The van der Waals surface area contributed by atoms with Gasteiger partial charge in [0.05, 0.1) is 11.4 Å². The van der Waals surface area contributed by atoms with Gasteiger partial charge in [-0.1, -0.05) is 59.1 Å². The van der Waals surface area contributed by atoms with E-state index in [-0.39, 0.29) is 11.9 Å². The lowest BCUT2D eigenvalue weighted by Gasteiger charge is -2.09. The van der Waals surface area contributed by atoms with Gasteiger partial charge in [-0.2, -0.15) is 4.98 Å². The van der Waals surface area contributed by atoms with Gasteiger partial charge in [0, 0.05) is 39.8 Å². The molecule has 0 fully saturated rings. The highest BCUT2D eigenvalue weighted by molar-refractivity contribution is 6.32. The zero-order chi connectivity index (χ0) is 24.8. The van der Waals surface area contributed by atoms with E-state index in [0.29, 0.717) is 15.9 Å². The number of nitrogens with zero attached hydrogens (tertiary/aromatic N) is 4. The summed E-state index contributed by atoms with van der Waals surface area (Å²) >= 11 is 18.0. The third kappa shape index (κ3) is 6.26. The van der Waals surface area contributed by atoms with Crippen LogP contribution in [-0.2, 0) is 0 Å². The SMILES string of the molecule is CCNc1cc(-c2cccc(Cl)c2C)nc(N)n1.Cc1c(Cl)cccc1-c1cc(Cl)nc(N)n1. The molecule has 4 aromatic rings. The highest BCUT2D eigenvalue weighted by atomic mass is 35.5. The summed E-state index contributed by atoms with van der Waals surface area (Å²) in [5.41, 5.74) is 16.5. The second-order valence-electron chi connectivity index (χ2n) is 7.29. The van der Waals surface area contributed by atoms with E-state index in [2.05, 4.69) is 25.3 Å². The molecule has 176 valence electrons. The van der Waals surface area contributed by atoms with Crippen LogP contribution in [-0.4, -0.2) is 26.5 Å². The van der Waals surface area contributed by atoms with Gasteiger partial charge in [-0.25, -0.2) is 15.0 Å². The van der Waals surface area contributed by atoms with Crippen molar-refractivity contribution < 1.29 is 0 Å². The fraction of sp³-hybridized carbons (Fsp3) is 0.167. The molecule has 0 unspecified atom stereocenters. The average Bonchev–Trinajstić information content (AvgIpc) is 2.77. The van der Waals surface area contributed by atoms with E-state index in [9.17, 15) is 0 Å². The normalized spacial score (nSPS) is 10.4. The van der Waals surface area contributed by atoms with Crippen molar-refractivity contribution in [3.63, 3.8) is 0 Å². The molecule has 0 amide bonds. The van der Waals surface area contributed by atoms with Crippen LogP contribution in [0.5, 0.6) is 0 Å². The summed E-state index contributed by atoms with van der Waals surface area (Å²) in [6, 6.07) is 14.9. The zero-order valence-electron chi connectivity index (χ0n) is 18.9. The largest absolute Gasteiger partial charge is 0.370 e. The summed E-state index contributed by atoms with van der Waals surface area (Å²) in [5, 5.41) is 4.85. The molecule has 2 aromatic carbocycles. The number of anilines is 3. The minimum atomic E-state index is 0.155. The number of halogens is 3. The first-order valence-electron chi connectivity index (χ1n) is 10.4. The van der Waals surface area contributed by atoms with Gasteiger partial charge in [-0.3, -0.25) is 0 Å². The van der Waals surface area contributed by atoms with Crippen LogP contribution in [0.15, 0.2) is 48.5 Å². The Morgan fingerprint density at radius 3 is 1.74 bits per heavy atom. The van der Waals surface area contributed by atoms with Gasteiger partial charge in [0.15, 0.2) is 0 Å². The topological polar surface area (TPSA) is 116 Å². The van der Waals surface area contributed by atoms with Crippen LogP contribution in [0.25, 0.3) is 22.5 Å². The molecule has 0 atom stereocenters. The van der Waals surface area contributed by atoms with Crippen LogP contribution in [0.1, 0.15) is 18.1 Å². The fourth-order valence-electron chi connectivity index (χ4n) is 3.22. The van der Waals surface area contributed by atoms with E-state index in [1.54, 1.807) is 6.07 Å². The Labute approximate surface area is 213 Å². The number of nitrogen functional groups attached to an aromatic ring is 2. The predicted octanol–water partition coefficient (Wildman–Crippen LogP) is 6.46. The standard InChI is InChI=1S/C13H15ClN4.C11H9Cl2N3/c1-3-16-12-7-11(17-13(15)18-12)9-5-4-6-10(14)8(9)2;1-6-7(3-2-4-8(6)12)9-5-10(13)16-11(14)15-9/h4-7H,3H2,1-2H3,(H3,15,16,17,18);2-5H,1H3,(H2,14,15,16). The molecule has 5 N–H and O–H groups in total. The van der Waals surface area contributed by atoms with E-state index in [1.807, 2.05) is 63.2 Å². The molecule has 0 bridgehead atoms. The monoisotopic (exact) mass is 515 g/mol. The maximum Gasteiger partial charge on any atom is 0.222 e. The number of nitrogens with one attached hydrogen (secondary N) is 1. The Morgan fingerprint density at radius 1 is 0.735 bits per heavy atom. The summed E-state index contributed by atoms with van der Waals surface area (Å²) in [6.07, 6.45) is 0. The van der Waals surface area contributed by atoms with Gasteiger partial charge in [-0.05, 0) is 44.0 Å². The van der Waals surface area contributed by atoms with Crippen molar-refractivity contribution in [3.05, 3.63) is 74.9 Å². The van der Waals surface area contributed by atoms with Crippen LogP contribution in [0.3, 0.4) is 0 Å². The number of rotatable bonds is 4. The van der Waals surface area contributed by atoms with Crippen molar-refractivity contribution in [1.29, 1.82) is 0 Å². The van der Waals surface area contributed by atoms with Crippen LogP contribution in [0.4, 0.5) is 17.7 Å². The second kappa shape index (κ2) is 11.3. The average molecular weight is 517 g/mol. The van der Waals surface area contributed by atoms with E-state index < -0.39 is 0 Å². The summed E-state index contributed by atoms with van der Waals surface area (Å²) in [4.78, 5) is 16.3. The van der Waals surface area contributed by atoms with Gasteiger partial charge in [0.1, 0.15) is 11.0 Å². The summed E-state index contributed by atoms with van der Waals surface area (Å²) in [5.74, 6) is 1.13. The van der Waals surface area contributed by atoms with E-state index in [0.717, 1.165) is 45.3 Å². The minimum Gasteiger partial charge on any atom is -0.370 e. The lowest BCUT2D eigenvalue weighted by atomic mass is 10.1. The van der Waals surface area contributed by atoms with Crippen LogP contribution >= 0.6 is 34.8 Å². The quantitative estimate of drug-likeness (QED) is 0.266. The van der Waals surface area contributed by atoms with Crippen molar-refractivity contribution >= 4 is 52.5 Å². The van der Waals surface area contributed by atoms with E-state index in [1.165, 1.54) is 0 Å².